The monoisotopic (exact) mass is 252 g/mol. The molecule has 0 saturated carbocycles. The molecule has 0 aliphatic rings. The van der Waals surface area contributed by atoms with Crippen molar-refractivity contribution >= 4 is 16.8 Å². The fraction of sp³-hybridized carbons (Fsp3) is 0.0714. The van der Waals surface area contributed by atoms with E-state index in [0.717, 1.165) is 16.6 Å². The van der Waals surface area contributed by atoms with Crippen LogP contribution < -0.4 is 5.73 Å². The van der Waals surface area contributed by atoms with Gasteiger partial charge in [0.05, 0.1) is 17.8 Å². The lowest BCUT2D eigenvalue weighted by Gasteiger charge is -2.08. The fourth-order valence-electron chi connectivity index (χ4n) is 2.14. The molecule has 0 bridgehead atoms. The van der Waals surface area contributed by atoms with Gasteiger partial charge in [-0.1, -0.05) is 6.07 Å². The number of nitrogens with zero attached hydrogens (tertiary/aromatic N) is 3. The van der Waals surface area contributed by atoms with E-state index in [9.17, 15) is 4.79 Å². The molecule has 0 atom stereocenters. The molecule has 0 aromatic carbocycles. The van der Waals surface area contributed by atoms with Crippen LogP contribution in [0.25, 0.3) is 10.9 Å². The Morgan fingerprint density at radius 2 is 2.16 bits per heavy atom. The standard InChI is InChI=1S/C14H12N4O/c15-14(19)13-7-10-8-16-6-4-12(10)18(13)9-11-3-1-2-5-17-11/h1-8H,9H2,(H2,15,19). The maximum atomic E-state index is 11.5. The molecule has 0 saturated heterocycles. The molecule has 2 N–H and O–H groups in total. The summed E-state index contributed by atoms with van der Waals surface area (Å²) in [6.07, 6.45) is 5.14. The summed E-state index contributed by atoms with van der Waals surface area (Å²) in [7, 11) is 0. The molecule has 3 rings (SSSR count). The number of amides is 1. The third-order valence-corrected chi connectivity index (χ3v) is 3.00. The second-order valence-corrected chi connectivity index (χ2v) is 4.24. The van der Waals surface area contributed by atoms with Gasteiger partial charge in [-0.3, -0.25) is 14.8 Å². The maximum Gasteiger partial charge on any atom is 0.265 e. The van der Waals surface area contributed by atoms with E-state index in [-0.39, 0.29) is 0 Å². The minimum Gasteiger partial charge on any atom is -0.364 e. The molecule has 5 heteroatoms. The van der Waals surface area contributed by atoms with Gasteiger partial charge < -0.3 is 10.3 Å². The van der Waals surface area contributed by atoms with Crippen LogP contribution in [0.1, 0.15) is 16.2 Å². The molecule has 1 amide bonds. The third kappa shape index (κ3) is 2.06. The highest BCUT2D eigenvalue weighted by Gasteiger charge is 2.13. The smallest absolute Gasteiger partial charge is 0.265 e. The Balaban J connectivity index is 2.15. The largest absolute Gasteiger partial charge is 0.364 e. The molecule has 0 aliphatic heterocycles. The molecular weight excluding hydrogens is 240 g/mol. The average Bonchev–Trinajstić information content (AvgIpc) is 2.79. The summed E-state index contributed by atoms with van der Waals surface area (Å²) in [6, 6.07) is 9.31. The molecule has 0 fully saturated rings. The van der Waals surface area contributed by atoms with E-state index in [1.54, 1.807) is 24.7 Å². The van der Waals surface area contributed by atoms with E-state index >= 15 is 0 Å². The lowest BCUT2D eigenvalue weighted by molar-refractivity contribution is 0.0992. The Hall–Kier alpha value is -2.69. The Morgan fingerprint density at radius 1 is 1.26 bits per heavy atom. The highest BCUT2D eigenvalue weighted by molar-refractivity contribution is 5.97. The van der Waals surface area contributed by atoms with Gasteiger partial charge in [-0.05, 0) is 24.3 Å². The summed E-state index contributed by atoms with van der Waals surface area (Å²) < 4.78 is 1.86. The van der Waals surface area contributed by atoms with Crippen LogP contribution in [0, 0.1) is 0 Å². The first-order valence-corrected chi connectivity index (χ1v) is 5.88. The number of carbonyl (C=O) groups excluding carboxylic acids is 1. The second kappa shape index (κ2) is 4.53. The maximum absolute atomic E-state index is 11.5. The molecule has 3 aromatic heterocycles. The zero-order chi connectivity index (χ0) is 13.2. The summed E-state index contributed by atoms with van der Waals surface area (Å²) in [5.41, 5.74) is 7.70. The first-order chi connectivity index (χ1) is 9.25. The molecule has 19 heavy (non-hydrogen) atoms. The van der Waals surface area contributed by atoms with Crippen molar-refractivity contribution < 1.29 is 4.79 Å². The number of fused-ring (bicyclic) bond motifs is 1. The number of hydrogen-bond acceptors (Lipinski definition) is 3. The number of pyridine rings is 2. The first-order valence-electron chi connectivity index (χ1n) is 5.88. The van der Waals surface area contributed by atoms with Crippen LogP contribution in [0.4, 0.5) is 0 Å². The van der Waals surface area contributed by atoms with Crippen molar-refractivity contribution in [2.24, 2.45) is 5.73 Å². The quantitative estimate of drug-likeness (QED) is 0.769. The molecule has 3 aromatic rings. The lowest BCUT2D eigenvalue weighted by atomic mass is 10.3. The Labute approximate surface area is 109 Å². The van der Waals surface area contributed by atoms with Crippen molar-refractivity contribution in [1.29, 1.82) is 0 Å². The van der Waals surface area contributed by atoms with Crippen LogP contribution in [-0.4, -0.2) is 20.4 Å². The highest BCUT2D eigenvalue weighted by Crippen LogP contribution is 2.19. The van der Waals surface area contributed by atoms with Crippen LogP contribution in [0.5, 0.6) is 0 Å². The molecule has 3 heterocycles. The van der Waals surface area contributed by atoms with Gasteiger partial charge in [-0.2, -0.15) is 0 Å². The number of primary amides is 1. The van der Waals surface area contributed by atoms with Crippen molar-refractivity contribution in [2.75, 3.05) is 0 Å². The van der Waals surface area contributed by atoms with Gasteiger partial charge in [0.2, 0.25) is 0 Å². The summed E-state index contributed by atoms with van der Waals surface area (Å²) in [5.74, 6) is -0.452. The van der Waals surface area contributed by atoms with Crippen molar-refractivity contribution in [2.45, 2.75) is 6.54 Å². The van der Waals surface area contributed by atoms with E-state index < -0.39 is 5.91 Å². The summed E-state index contributed by atoms with van der Waals surface area (Å²) in [4.78, 5) is 19.9. The van der Waals surface area contributed by atoms with Crippen molar-refractivity contribution in [3.8, 4) is 0 Å². The van der Waals surface area contributed by atoms with Gasteiger partial charge >= 0.3 is 0 Å². The minimum atomic E-state index is -0.452. The van der Waals surface area contributed by atoms with Gasteiger partial charge in [0.25, 0.3) is 5.91 Å². The SMILES string of the molecule is NC(=O)c1cc2cnccc2n1Cc1ccccn1. The van der Waals surface area contributed by atoms with Crippen LogP contribution in [0.3, 0.4) is 0 Å². The summed E-state index contributed by atoms with van der Waals surface area (Å²) >= 11 is 0. The first kappa shape index (κ1) is 11.4. The molecular formula is C14H12N4O. The molecule has 94 valence electrons. The number of hydrogen-bond donors (Lipinski definition) is 1. The fourth-order valence-corrected chi connectivity index (χ4v) is 2.14. The number of nitrogens with two attached hydrogens (primary N) is 1. The van der Waals surface area contributed by atoms with Gasteiger partial charge in [-0.15, -0.1) is 0 Å². The molecule has 0 unspecified atom stereocenters. The van der Waals surface area contributed by atoms with Gasteiger partial charge in [0.1, 0.15) is 5.69 Å². The highest BCUT2D eigenvalue weighted by atomic mass is 16.1. The van der Waals surface area contributed by atoms with Crippen molar-refractivity contribution in [1.82, 2.24) is 14.5 Å². The van der Waals surface area contributed by atoms with E-state index in [1.165, 1.54) is 0 Å². The Bertz CT molecular complexity index is 734. The van der Waals surface area contributed by atoms with Crippen molar-refractivity contribution in [3.63, 3.8) is 0 Å². The van der Waals surface area contributed by atoms with Crippen LogP contribution in [0.15, 0.2) is 48.9 Å². The van der Waals surface area contributed by atoms with E-state index in [1.807, 2.05) is 28.8 Å². The van der Waals surface area contributed by atoms with E-state index in [4.69, 9.17) is 5.73 Å². The van der Waals surface area contributed by atoms with E-state index in [0.29, 0.717) is 12.2 Å². The molecule has 0 aliphatic carbocycles. The third-order valence-electron chi connectivity index (χ3n) is 3.00. The van der Waals surface area contributed by atoms with Gasteiger partial charge in [0.15, 0.2) is 0 Å². The van der Waals surface area contributed by atoms with E-state index in [2.05, 4.69) is 9.97 Å². The van der Waals surface area contributed by atoms with Gasteiger partial charge in [0, 0.05) is 24.0 Å². The van der Waals surface area contributed by atoms with Crippen LogP contribution in [0.2, 0.25) is 0 Å². The summed E-state index contributed by atoms with van der Waals surface area (Å²) in [6.45, 7) is 0.507. The predicted molar refractivity (Wildman–Crippen MR) is 71.6 cm³/mol. The Kier molecular flexibility index (Phi) is 2.72. The lowest BCUT2D eigenvalue weighted by Crippen LogP contribution is -2.17. The number of carbonyl (C=O) groups is 1. The minimum absolute atomic E-state index is 0.452. The molecule has 0 spiro atoms. The molecule has 5 nitrogen and oxygen atoms in total. The Morgan fingerprint density at radius 3 is 2.89 bits per heavy atom. The zero-order valence-corrected chi connectivity index (χ0v) is 10.2. The number of aromatic nitrogens is 3. The zero-order valence-electron chi connectivity index (χ0n) is 10.2. The second-order valence-electron chi connectivity index (χ2n) is 4.24. The number of rotatable bonds is 3. The normalized spacial score (nSPS) is 10.7. The molecule has 0 radical (unpaired) electrons. The van der Waals surface area contributed by atoms with Crippen LogP contribution in [-0.2, 0) is 6.54 Å². The summed E-state index contributed by atoms with van der Waals surface area (Å²) in [5, 5.41) is 0.896. The van der Waals surface area contributed by atoms with Crippen LogP contribution >= 0.6 is 0 Å². The van der Waals surface area contributed by atoms with Gasteiger partial charge in [-0.25, -0.2) is 0 Å². The average molecular weight is 252 g/mol. The topological polar surface area (TPSA) is 73.8 Å². The van der Waals surface area contributed by atoms with Crippen molar-refractivity contribution in [3.05, 3.63) is 60.3 Å². The predicted octanol–water partition coefficient (Wildman–Crippen LogP) is 1.58.